The van der Waals surface area contributed by atoms with Gasteiger partial charge in [-0.2, -0.15) is 0 Å². The van der Waals surface area contributed by atoms with E-state index in [0.717, 1.165) is 4.47 Å². The maximum absolute atomic E-state index is 12.0. The van der Waals surface area contributed by atoms with Gasteiger partial charge >= 0.3 is 0 Å². The largest absolute Gasteiger partial charge is 0.399 e. The van der Waals surface area contributed by atoms with E-state index in [0.29, 0.717) is 11.3 Å². The van der Waals surface area contributed by atoms with Gasteiger partial charge < -0.3 is 20.5 Å². The van der Waals surface area contributed by atoms with Crippen LogP contribution in [0.15, 0.2) is 22.7 Å². The molecule has 0 aromatic heterocycles. The number of methoxy groups -OCH3 is 2. The molecule has 0 fully saturated rings. The van der Waals surface area contributed by atoms with Crippen molar-refractivity contribution in [2.45, 2.75) is 19.3 Å². The number of hydrogen-bond acceptors (Lipinski definition) is 4. The summed E-state index contributed by atoms with van der Waals surface area (Å²) in [7, 11) is 3.04. The second-order valence-corrected chi connectivity index (χ2v) is 4.79. The van der Waals surface area contributed by atoms with Crippen LogP contribution in [0.1, 0.15) is 17.3 Å². The highest BCUT2D eigenvalue weighted by Gasteiger charge is 2.19. The number of carbonyl (C=O) groups is 1. The predicted octanol–water partition coefficient (Wildman–Crippen LogP) is 1.77. The number of ether oxygens (including phenoxy) is 2. The van der Waals surface area contributed by atoms with Crippen molar-refractivity contribution in [1.29, 1.82) is 0 Å². The Bertz CT molecular complexity index is 402. The number of halogens is 1. The van der Waals surface area contributed by atoms with Crippen LogP contribution in [0.5, 0.6) is 0 Å². The molecular formula is C12H17BrN2O3. The third-order valence-electron chi connectivity index (χ3n) is 2.41. The smallest absolute Gasteiger partial charge is 0.251 e. The zero-order valence-electron chi connectivity index (χ0n) is 10.6. The van der Waals surface area contributed by atoms with Crippen LogP contribution in [-0.4, -0.2) is 32.5 Å². The van der Waals surface area contributed by atoms with Crippen molar-refractivity contribution in [2.75, 3.05) is 20.0 Å². The lowest BCUT2D eigenvalue weighted by Crippen LogP contribution is -2.42. The van der Waals surface area contributed by atoms with Gasteiger partial charge in [0.15, 0.2) is 6.29 Å². The van der Waals surface area contributed by atoms with Crippen molar-refractivity contribution in [3.63, 3.8) is 0 Å². The lowest BCUT2D eigenvalue weighted by atomic mass is 10.2. The number of rotatable bonds is 5. The van der Waals surface area contributed by atoms with Gasteiger partial charge in [0, 0.05) is 29.9 Å². The predicted molar refractivity (Wildman–Crippen MR) is 73.3 cm³/mol. The quantitative estimate of drug-likeness (QED) is 0.641. The Morgan fingerprint density at radius 3 is 2.44 bits per heavy atom. The van der Waals surface area contributed by atoms with E-state index in [1.54, 1.807) is 25.1 Å². The summed E-state index contributed by atoms with van der Waals surface area (Å²) in [6, 6.07) is 4.77. The van der Waals surface area contributed by atoms with Gasteiger partial charge in [-0.1, -0.05) is 15.9 Å². The van der Waals surface area contributed by atoms with Crippen LogP contribution in [0, 0.1) is 0 Å². The minimum Gasteiger partial charge on any atom is -0.399 e. The molecule has 18 heavy (non-hydrogen) atoms. The summed E-state index contributed by atoms with van der Waals surface area (Å²) in [6.07, 6.45) is -0.488. The van der Waals surface area contributed by atoms with E-state index in [4.69, 9.17) is 15.2 Å². The standard InChI is InChI=1S/C12H17BrN2O3/c1-7(12(17-2)18-3)15-11(16)8-4-9(13)6-10(14)5-8/h4-7,12H,14H2,1-3H3,(H,15,16). The Labute approximate surface area is 115 Å². The molecular weight excluding hydrogens is 300 g/mol. The van der Waals surface area contributed by atoms with Crippen LogP contribution in [0.25, 0.3) is 0 Å². The van der Waals surface area contributed by atoms with Gasteiger partial charge in [-0.15, -0.1) is 0 Å². The van der Waals surface area contributed by atoms with Crippen molar-refractivity contribution in [3.05, 3.63) is 28.2 Å². The van der Waals surface area contributed by atoms with E-state index in [-0.39, 0.29) is 11.9 Å². The molecule has 0 aliphatic carbocycles. The first-order valence-corrected chi connectivity index (χ1v) is 6.19. The molecule has 0 radical (unpaired) electrons. The van der Waals surface area contributed by atoms with Crippen molar-refractivity contribution in [3.8, 4) is 0 Å². The third-order valence-corrected chi connectivity index (χ3v) is 2.87. The fourth-order valence-corrected chi connectivity index (χ4v) is 2.12. The Morgan fingerprint density at radius 1 is 1.33 bits per heavy atom. The molecule has 1 rings (SSSR count). The summed E-state index contributed by atoms with van der Waals surface area (Å²) in [4.78, 5) is 12.0. The second kappa shape index (κ2) is 6.72. The molecule has 1 amide bonds. The summed E-state index contributed by atoms with van der Waals surface area (Å²) in [5, 5.41) is 2.79. The molecule has 0 aliphatic heterocycles. The number of hydrogen-bond donors (Lipinski definition) is 2. The number of carbonyl (C=O) groups excluding carboxylic acids is 1. The molecule has 0 saturated heterocycles. The Morgan fingerprint density at radius 2 is 1.94 bits per heavy atom. The first-order valence-electron chi connectivity index (χ1n) is 5.40. The van der Waals surface area contributed by atoms with E-state index in [2.05, 4.69) is 21.2 Å². The van der Waals surface area contributed by atoms with Crippen LogP contribution in [0.4, 0.5) is 5.69 Å². The minimum absolute atomic E-state index is 0.227. The van der Waals surface area contributed by atoms with Crippen LogP contribution in [-0.2, 0) is 9.47 Å². The van der Waals surface area contributed by atoms with E-state index in [1.165, 1.54) is 14.2 Å². The normalized spacial score (nSPS) is 12.5. The second-order valence-electron chi connectivity index (χ2n) is 3.88. The molecule has 100 valence electrons. The summed E-state index contributed by atoms with van der Waals surface area (Å²) in [6.45, 7) is 1.80. The molecule has 1 unspecified atom stereocenters. The lowest BCUT2D eigenvalue weighted by Gasteiger charge is -2.22. The minimum atomic E-state index is -0.488. The van der Waals surface area contributed by atoms with E-state index in [9.17, 15) is 4.79 Å². The summed E-state index contributed by atoms with van der Waals surface area (Å²) in [5.74, 6) is -0.227. The Hall–Kier alpha value is -1.11. The van der Waals surface area contributed by atoms with Gasteiger partial charge in [0.2, 0.25) is 0 Å². The number of anilines is 1. The summed E-state index contributed by atoms with van der Waals surface area (Å²) < 4.78 is 10.9. The molecule has 0 aliphatic rings. The first-order chi connectivity index (χ1) is 8.47. The Balaban J connectivity index is 2.76. The zero-order valence-corrected chi connectivity index (χ0v) is 12.2. The van der Waals surface area contributed by atoms with Crippen LogP contribution in [0.3, 0.4) is 0 Å². The number of benzene rings is 1. The molecule has 1 aromatic rings. The maximum Gasteiger partial charge on any atom is 0.251 e. The molecule has 0 bridgehead atoms. The highest BCUT2D eigenvalue weighted by Crippen LogP contribution is 2.17. The SMILES string of the molecule is COC(OC)C(C)NC(=O)c1cc(N)cc(Br)c1. The third kappa shape index (κ3) is 3.97. The van der Waals surface area contributed by atoms with Crippen molar-refractivity contribution in [2.24, 2.45) is 0 Å². The summed E-state index contributed by atoms with van der Waals surface area (Å²) >= 11 is 3.29. The van der Waals surface area contributed by atoms with Crippen LogP contribution in [0.2, 0.25) is 0 Å². The van der Waals surface area contributed by atoms with Crippen molar-refractivity contribution in [1.82, 2.24) is 5.32 Å². The zero-order chi connectivity index (χ0) is 13.7. The average molecular weight is 317 g/mol. The molecule has 0 saturated carbocycles. The highest BCUT2D eigenvalue weighted by atomic mass is 79.9. The van der Waals surface area contributed by atoms with E-state index < -0.39 is 6.29 Å². The monoisotopic (exact) mass is 316 g/mol. The van der Waals surface area contributed by atoms with E-state index in [1.807, 2.05) is 0 Å². The Kier molecular flexibility index (Phi) is 5.58. The van der Waals surface area contributed by atoms with E-state index >= 15 is 0 Å². The maximum atomic E-state index is 12.0. The lowest BCUT2D eigenvalue weighted by molar-refractivity contribution is -0.117. The topological polar surface area (TPSA) is 73.6 Å². The number of amides is 1. The van der Waals surface area contributed by atoms with Gasteiger partial charge in [0.25, 0.3) is 5.91 Å². The van der Waals surface area contributed by atoms with Crippen molar-refractivity contribution >= 4 is 27.5 Å². The molecule has 6 heteroatoms. The van der Waals surface area contributed by atoms with Gasteiger partial charge in [-0.05, 0) is 25.1 Å². The van der Waals surface area contributed by atoms with Gasteiger partial charge in [0.05, 0.1) is 6.04 Å². The number of nitrogen functional groups attached to an aromatic ring is 1. The molecule has 1 aromatic carbocycles. The van der Waals surface area contributed by atoms with Gasteiger partial charge in [-0.25, -0.2) is 0 Å². The van der Waals surface area contributed by atoms with Crippen molar-refractivity contribution < 1.29 is 14.3 Å². The van der Waals surface area contributed by atoms with Crippen LogP contribution >= 0.6 is 15.9 Å². The molecule has 3 N–H and O–H groups in total. The average Bonchev–Trinajstić information content (AvgIpc) is 2.29. The number of nitrogens with one attached hydrogen (secondary N) is 1. The molecule has 0 spiro atoms. The first kappa shape index (κ1) is 14.9. The summed E-state index contributed by atoms with van der Waals surface area (Å²) in [5.41, 5.74) is 6.69. The molecule has 1 atom stereocenters. The van der Waals surface area contributed by atoms with Gasteiger partial charge in [-0.3, -0.25) is 4.79 Å². The fraction of sp³-hybridized carbons (Fsp3) is 0.417. The fourth-order valence-electron chi connectivity index (χ4n) is 1.61. The molecule has 0 heterocycles. The molecule has 5 nitrogen and oxygen atoms in total. The number of nitrogens with two attached hydrogens (primary N) is 1. The van der Waals surface area contributed by atoms with Crippen LogP contribution < -0.4 is 11.1 Å². The van der Waals surface area contributed by atoms with Gasteiger partial charge in [0.1, 0.15) is 0 Å². The highest BCUT2D eigenvalue weighted by molar-refractivity contribution is 9.10.